The van der Waals surface area contributed by atoms with E-state index in [0.29, 0.717) is 17.6 Å². The summed E-state index contributed by atoms with van der Waals surface area (Å²) in [6, 6.07) is 0. The fourth-order valence-electron chi connectivity index (χ4n) is 3.49. The number of carbonyl (C=O) groups is 1. The van der Waals surface area contributed by atoms with Crippen LogP contribution in [0.5, 0.6) is 0 Å². The molecule has 0 aliphatic rings. The molecule has 0 aliphatic carbocycles. The molecule has 0 bridgehead atoms. The van der Waals surface area contributed by atoms with Crippen LogP contribution in [0.25, 0.3) is 0 Å². The number of likely N-dealkylation sites (N-methyl/N-ethyl adjacent to an activating group) is 1. The summed E-state index contributed by atoms with van der Waals surface area (Å²) in [5, 5.41) is 0. The molecule has 9 heteroatoms. The first-order valence-electron chi connectivity index (χ1n) is 15.6. The summed E-state index contributed by atoms with van der Waals surface area (Å²) in [6.45, 7) is 4.14. The van der Waals surface area contributed by atoms with Crippen LogP contribution in [0.4, 0.5) is 0 Å². The number of ether oxygens (including phenoxy) is 2. The van der Waals surface area contributed by atoms with Gasteiger partial charge in [0.2, 0.25) is 0 Å². The second-order valence-corrected chi connectivity index (χ2v) is 12.6. The average Bonchev–Trinajstić information content (AvgIpc) is 2.93. The Morgan fingerprint density at radius 2 is 1.23 bits per heavy atom. The largest absolute Gasteiger partial charge is 0.756 e. The number of allylic oxidation sites excluding steroid dienone is 12. The van der Waals surface area contributed by atoms with E-state index in [9.17, 15) is 14.3 Å². The number of phosphoric ester groups is 1. The second-order valence-electron chi connectivity index (χ2n) is 11.2. The molecule has 0 amide bonds. The van der Waals surface area contributed by atoms with Crippen LogP contribution in [0.3, 0.4) is 0 Å². The van der Waals surface area contributed by atoms with Gasteiger partial charge in [-0.05, 0) is 57.8 Å². The highest BCUT2D eigenvalue weighted by Crippen LogP contribution is 2.38. The van der Waals surface area contributed by atoms with Gasteiger partial charge in [-0.3, -0.25) is 9.36 Å². The zero-order valence-corrected chi connectivity index (χ0v) is 28.3. The molecular weight excluding hydrogens is 565 g/mol. The number of hydrogen-bond acceptors (Lipinski definition) is 7. The molecule has 43 heavy (non-hydrogen) atoms. The van der Waals surface area contributed by atoms with Crippen LogP contribution in [-0.4, -0.2) is 70.7 Å². The Kier molecular flexibility index (Phi) is 26.2. The minimum atomic E-state index is -4.49. The summed E-state index contributed by atoms with van der Waals surface area (Å²) in [5.74, 6) is -0.528. The van der Waals surface area contributed by atoms with Gasteiger partial charge in [-0.2, -0.15) is 0 Å². The zero-order chi connectivity index (χ0) is 32.1. The minimum Gasteiger partial charge on any atom is -0.756 e. The van der Waals surface area contributed by atoms with Crippen LogP contribution < -0.4 is 4.89 Å². The molecule has 2 unspecified atom stereocenters. The fraction of sp³-hybridized carbons (Fsp3) is 0.618. The van der Waals surface area contributed by atoms with Crippen LogP contribution in [0.2, 0.25) is 0 Å². The summed E-state index contributed by atoms with van der Waals surface area (Å²) in [4.78, 5) is 23.3. The lowest BCUT2D eigenvalue weighted by atomic mass is 10.2. The predicted octanol–water partition coefficient (Wildman–Crippen LogP) is 7.40. The van der Waals surface area contributed by atoms with E-state index in [1.165, 1.54) is 6.92 Å². The van der Waals surface area contributed by atoms with E-state index in [0.717, 1.165) is 64.2 Å². The maximum Gasteiger partial charge on any atom is 0.303 e. The molecule has 0 aromatic heterocycles. The molecule has 0 aromatic rings. The first kappa shape index (κ1) is 40.9. The van der Waals surface area contributed by atoms with Crippen molar-refractivity contribution in [3.8, 4) is 0 Å². The average molecular weight is 624 g/mol. The van der Waals surface area contributed by atoms with Gasteiger partial charge in [-0.15, -0.1) is 0 Å². The molecule has 0 saturated heterocycles. The number of phosphoric acid groups is 1. The van der Waals surface area contributed by atoms with E-state index in [1.54, 1.807) is 0 Å². The van der Waals surface area contributed by atoms with Gasteiger partial charge in [0.05, 0.1) is 34.4 Å². The predicted molar refractivity (Wildman–Crippen MR) is 175 cm³/mol. The number of hydrogen-bond donors (Lipinski definition) is 0. The lowest BCUT2D eigenvalue weighted by molar-refractivity contribution is -0.870. The maximum atomic E-state index is 12.0. The smallest absolute Gasteiger partial charge is 0.303 e. The number of unbranched alkanes of at least 4 members (excludes halogenated alkanes) is 3. The summed E-state index contributed by atoms with van der Waals surface area (Å²) < 4.78 is 33.0. The third kappa shape index (κ3) is 32.7. The zero-order valence-electron chi connectivity index (χ0n) is 27.4. The Balaban J connectivity index is 3.87. The van der Waals surface area contributed by atoms with Gasteiger partial charge in [-0.25, -0.2) is 0 Å². The van der Waals surface area contributed by atoms with Crippen molar-refractivity contribution in [2.75, 3.05) is 54.1 Å². The van der Waals surface area contributed by atoms with E-state index < -0.39 is 19.9 Å². The van der Waals surface area contributed by atoms with E-state index >= 15 is 0 Å². The number of carbonyl (C=O) groups excluding carboxylic acids is 1. The lowest BCUT2D eigenvalue weighted by Crippen LogP contribution is -2.37. The highest BCUT2D eigenvalue weighted by atomic mass is 31.2. The Bertz CT molecular complexity index is 916. The van der Waals surface area contributed by atoms with Gasteiger partial charge in [-0.1, -0.05) is 86.3 Å². The second kappa shape index (κ2) is 27.5. The van der Waals surface area contributed by atoms with Crippen molar-refractivity contribution < 1.29 is 37.3 Å². The van der Waals surface area contributed by atoms with Gasteiger partial charge >= 0.3 is 5.97 Å². The SMILES string of the molecule is CC/C=C\C/C=C\C/C=C\C/C=C\C/C=C\C/C=C\CCCCCOCC(COP(=O)([O-])OCC[N+](C)(C)C)OC(C)=O. The van der Waals surface area contributed by atoms with Gasteiger partial charge in [0.1, 0.15) is 19.3 Å². The Morgan fingerprint density at radius 3 is 1.72 bits per heavy atom. The number of rotatable bonds is 27. The summed E-state index contributed by atoms with van der Waals surface area (Å²) >= 11 is 0. The van der Waals surface area contributed by atoms with Gasteiger partial charge in [0, 0.05) is 13.5 Å². The molecule has 246 valence electrons. The Hall–Kier alpha value is -2.06. The van der Waals surface area contributed by atoms with Gasteiger partial charge < -0.3 is 27.9 Å². The first-order chi connectivity index (χ1) is 20.6. The molecule has 0 fully saturated rings. The van der Waals surface area contributed by atoms with E-state index in [1.807, 2.05) is 21.1 Å². The van der Waals surface area contributed by atoms with Crippen LogP contribution in [-0.2, 0) is 27.9 Å². The molecule has 0 heterocycles. The standard InChI is InChI=1S/C34H58NO7P/c1-6-7-8-9-10-11-12-13-14-15-16-17-18-19-20-21-22-23-24-25-26-27-29-39-31-34(42-33(2)36)32-41-43(37,38)40-30-28-35(3,4)5/h7-8,10-11,13-14,16-17,19-20,22-23,34H,6,9,12,15,18,21,24-32H2,1-5H3/b8-7-,11-10-,14-13-,17-16-,20-19-,23-22-. The lowest BCUT2D eigenvalue weighted by Gasteiger charge is -2.28. The van der Waals surface area contributed by atoms with E-state index in [4.69, 9.17) is 18.5 Å². The van der Waals surface area contributed by atoms with Crippen molar-refractivity contribution in [2.45, 2.75) is 84.2 Å². The number of esters is 1. The van der Waals surface area contributed by atoms with Crippen LogP contribution >= 0.6 is 7.82 Å². The van der Waals surface area contributed by atoms with Crippen molar-refractivity contribution in [1.82, 2.24) is 0 Å². The maximum absolute atomic E-state index is 12.0. The third-order valence-corrected chi connectivity index (χ3v) is 6.79. The molecule has 0 N–H and O–H groups in total. The molecule has 0 spiro atoms. The number of nitrogens with zero attached hydrogens (tertiary/aromatic N) is 1. The van der Waals surface area contributed by atoms with Gasteiger partial charge in [0.25, 0.3) is 7.82 Å². The Labute approximate surface area is 262 Å². The first-order valence-corrected chi connectivity index (χ1v) is 17.1. The minimum absolute atomic E-state index is 0.0115. The third-order valence-electron chi connectivity index (χ3n) is 5.82. The van der Waals surface area contributed by atoms with Crippen molar-refractivity contribution in [2.24, 2.45) is 0 Å². The van der Waals surface area contributed by atoms with E-state index in [-0.39, 0.29) is 19.8 Å². The van der Waals surface area contributed by atoms with Crippen LogP contribution in [0.15, 0.2) is 72.9 Å². The molecule has 0 aliphatic heterocycles. The van der Waals surface area contributed by atoms with E-state index in [2.05, 4.69) is 79.8 Å². The topological polar surface area (TPSA) is 94.1 Å². The summed E-state index contributed by atoms with van der Waals surface area (Å²) in [6.07, 6.45) is 35.5. The van der Waals surface area contributed by atoms with Crippen molar-refractivity contribution >= 4 is 13.8 Å². The van der Waals surface area contributed by atoms with Crippen molar-refractivity contribution in [3.05, 3.63) is 72.9 Å². The highest BCUT2D eigenvalue weighted by molar-refractivity contribution is 7.45. The number of quaternary nitrogens is 1. The molecule has 0 rings (SSSR count). The van der Waals surface area contributed by atoms with Crippen molar-refractivity contribution in [3.63, 3.8) is 0 Å². The fourth-order valence-corrected chi connectivity index (χ4v) is 4.22. The van der Waals surface area contributed by atoms with Crippen LogP contribution in [0, 0.1) is 0 Å². The monoisotopic (exact) mass is 623 g/mol. The molecule has 8 nitrogen and oxygen atoms in total. The summed E-state index contributed by atoms with van der Waals surface area (Å²) in [5.41, 5.74) is 0. The molecule has 0 radical (unpaired) electrons. The quantitative estimate of drug-likeness (QED) is 0.0309. The highest BCUT2D eigenvalue weighted by Gasteiger charge is 2.19. The molecule has 2 atom stereocenters. The Morgan fingerprint density at radius 1 is 0.721 bits per heavy atom. The molecule has 0 aromatic carbocycles. The molecule has 0 saturated carbocycles. The van der Waals surface area contributed by atoms with Gasteiger partial charge in [0.15, 0.2) is 0 Å². The van der Waals surface area contributed by atoms with Crippen molar-refractivity contribution in [1.29, 1.82) is 0 Å². The summed E-state index contributed by atoms with van der Waals surface area (Å²) in [7, 11) is 1.30. The normalized spacial score (nSPS) is 15.2. The molecular formula is C34H58NO7P. The van der Waals surface area contributed by atoms with Crippen LogP contribution in [0.1, 0.15) is 78.1 Å².